The number of aromatic hydroxyl groups is 3. The van der Waals surface area contributed by atoms with Crippen LogP contribution in [0, 0.1) is 5.82 Å². The molecule has 2 aromatic rings. The Hall–Kier alpha value is -2.80. The van der Waals surface area contributed by atoms with E-state index in [1.165, 1.54) is 36.4 Å². The Morgan fingerprint density at radius 2 is 1.68 bits per heavy atom. The van der Waals surface area contributed by atoms with Crippen molar-refractivity contribution < 1.29 is 24.5 Å². The minimum absolute atomic E-state index is 0.0504. The molecule has 0 heterocycles. The van der Waals surface area contributed by atoms with Crippen LogP contribution in [-0.2, 0) is 17.8 Å². The van der Waals surface area contributed by atoms with Crippen LogP contribution in [0.4, 0.5) is 4.39 Å². The molecule has 5 N–H and O–H groups in total. The molecule has 2 rings (SSSR count). The van der Waals surface area contributed by atoms with E-state index in [1.54, 1.807) is 0 Å². The van der Waals surface area contributed by atoms with E-state index in [-0.39, 0.29) is 24.7 Å². The van der Waals surface area contributed by atoms with Gasteiger partial charge in [-0.15, -0.1) is 0 Å². The number of phenols is 3. The smallest absolute Gasteiger partial charge is 0.238 e. The molecule has 0 aromatic heterocycles. The van der Waals surface area contributed by atoms with E-state index in [1.807, 2.05) is 0 Å². The third-order valence-electron chi connectivity index (χ3n) is 3.00. The number of carbonyl (C=O) groups is 1. The standard InChI is InChI=1S/C15H15FN2O4/c16-11-4-1-9(2-5-11)7-13(20)18-17-8-10-3-6-12(19)15(22)14(10)21/h1-6,17,19,21-22H,7-8H2,(H,18,20). The highest BCUT2D eigenvalue weighted by Crippen LogP contribution is 2.36. The molecule has 1 amide bonds. The van der Waals surface area contributed by atoms with Crippen molar-refractivity contribution in [2.45, 2.75) is 13.0 Å². The van der Waals surface area contributed by atoms with Gasteiger partial charge in [0.25, 0.3) is 0 Å². The maximum atomic E-state index is 12.7. The fourth-order valence-electron chi connectivity index (χ4n) is 1.82. The fourth-order valence-corrected chi connectivity index (χ4v) is 1.82. The van der Waals surface area contributed by atoms with Crippen molar-refractivity contribution in [1.82, 2.24) is 10.9 Å². The van der Waals surface area contributed by atoms with E-state index in [9.17, 15) is 24.5 Å². The summed E-state index contributed by atoms with van der Waals surface area (Å²) in [5, 5.41) is 28.2. The van der Waals surface area contributed by atoms with Crippen LogP contribution in [-0.4, -0.2) is 21.2 Å². The second kappa shape index (κ2) is 6.77. The Morgan fingerprint density at radius 1 is 1.00 bits per heavy atom. The van der Waals surface area contributed by atoms with Crippen molar-refractivity contribution in [3.63, 3.8) is 0 Å². The van der Waals surface area contributed by atoms with E-state index in [0.717, 1.165) is 0 Å². The van der Waals surface area contributed by atoms with Crippen molar-refractivity contribution in [2.75, 3.05) is 0 Å². The Bertz CT molecular complexity index is 674. The molecule has 22 heavy (non-hydrogen) atoms. The lowest BCUT2D eigenvalue weighted by molar-refractivity contribution is -0.121. The summed E-state index contributed by atoms with van der Waals surface area (Å²) in [6.07, 6.45) is 0.0695. The normalized spacial score (nSPS) is 10.4. The number of hydrogen-bond acceptors (Lipinski definition) is 5. The molecule has 0 radical (unpaired) electrons. The first-order valence-electron chi connectivity index (χ1n) is 6.46. The average Bonchev–Trinajstić information content (AvgIpc) is 2.49. The number of nitrogens with one attached hydrogen (secondary N) is 2. The van der Waals surface area contributed by atoms with Crippen LogP contribution >= 0.6 is 0 Å². The molecule has 7 heteroatoms. The van der Waals surface area contributed by atoms with Gasteiger partial charge in [0.1, 0.15) is 5.82 Å². The topological polar surface area (TPSA) is 102 Å². The Morgan fingerprint density at radius 3 is 2.36 bits per heavy atom. The maximum Gasteiger partial charge on any atom is 0.238 e. The molecule has 2 aromatic carbocycles. The SMILES string of the molecule is O=C(Cc1ccc(F)cc1)NNCc1ccc(O)c(O)c1O. The molecular formula is C15H15FN2O4. The van der Waals surface area contributed by atoms with Gasteiger partial charge in [-0.25, -0.2) is 9.82 Å². The van der Waals surface area contributed by atoms with Gasteiger partial charge in [0, 0.05) is 12.1 Å². The molecule has 0 unspecified atom stereocenters. The lowest BCUT2D eigenvalue weighted by atomic mass is 10.1. The second-order valence-corrected chi connectivity index (χ2v) is 4.65. The number of amides is 1. The molecule has 0 spiro atoms. The predicted octanol–water partition coefficient (Wildman–Crippen LogP) is 1.31. The molecule has 116 valence electrons. The molecule has 0 aliphatic carbocycles. The molecule has 0 saturated heterocycles. The van der Waals surface area contributed by atoms with Crippen molar-refractivity contribution in [1.29, 1.82) is 0 Å². The zero-order valence-corrected chi connectivity index (χ0v) is 11.5. The number of benzene rings is 2. The highest BCUT2D eigenvalue weighted by atomic mass is 19.1. The molecular weight excluding hydrogens is 291 g/mol. The lowest BCUT2D eigenvalue weighted by Crippen LogP contribution is -2.37. The highest BCUT2D eigenvalue weighted by molar-refractivity contribution is 5.78. The zero-order valence-electron chi connectivity index (χ0n) is 11.5. The summed E-state index contributed by atoms with van der Waals surface area (Å²) in [5.74, 6) is -2.21. The van der Waals surface area contributed by atoms with Crippen molar-refractivity contribution >= 4 is 5.91 Å². The van der Waals surface area contributed by atoms with Crippen LogP contribution in [0.25, 0.3) is 0 Å². The zero-order chi connectivity index (χ0) is 16.1. The van der Waals surface area contributed by atoms with Gasteiger partial charge >= 0.3 is 0 Å². The fraction of sp³-hybridized carbons (Fsp3) is 0.133. The number of carbonyl (C=O) groups excluding carboxylic acids is 1. The van der Waals surface area contributed by atoms with Gasteiger partial charge in [0.05, 0.1) is 6.42 Å². The Balaban J connectivity index is 1.84. The predicted molar refractivity (Wildman–Crippen MR) is 76.5 cm³/mol. The lowest BCUT2D eigenvalue weighted by Gasteiger charge is -2.10. The Labute approximate surface area is 125 Å². The number of halogens is 1. The molecule has 0 atom stereocenters. The minimum Gasteiger partial charge on any atom is -0.504 e. The van der Waals surface area contributed by atoms with Crippen LogP contribution in [0.3, 0.4) is 0 Å². The van der Waals surface area contributed by atoms with E-state index in [2.05, 4.69) is 10.9 Å². The first-order valence-corrected chi connectivity index (χ1v) is 6.46. The van der Waals surface area contributed by atoms with Crippen LogP contribution in [0.5, 0.6) is 17.2 Å². The number of rotatable bonds is 5. The van der Waals surface area contributed by atoms with Crippen LogP contribution in [0.2, 0.25) is 0 Å². The summed E-state index contributed by atoms with van der Waals surface area (Å²) in [7, 11) is 0. The third-order valence-corrected chi connectivity index (χ3v) is 3.00. The molecule has 0 saturated carbocycles. The summed E-state index contributed by atoms with van der Waals surface area (Å²) >= 11 is 0. The first-order chi connectivity index (χ1) is 10.5. The first kappa shape index (κ1) is 15.6. The molecule has 0 fully saturated rings. The third kappa shape index (κ3) is 3.86. The van der Waals surface area contributed by atoms with Gasteiger partial charge < -0.3 is 15.3 Å². The minimum atomic E-state index is -0.614. The van der Waals surface area contributed by atoms with Gasteiger partial charge in [-0.3, -0.25) is 10.2 Å². The largest absolute Gasteiger partial charge is 0.504 e. The summed E-state index contributed by atoms with van der Waals surface area (Å²) < 4.78 is 12.7. The quantitative estimate of drug-likeness (QED) is 0.423. The van der Waals surface area contributed by atoms with Crippen molar-refractivity contribution in [2.24, 2.45) is 0 Å². The van der Waals surface area contributed by atoms with Gasteiger partial charge in [0.2, 0.25) is 11.7 Å². The monoisotopic (exact) mass is 306 g/mol. The van der Waals surface area contributed by atoms with Crippen LogP contribution in [0.15, 0.2) is 36.4 Å². The number of hydrogen-bond donors (Lipinski definition) is 5. The van der Waals surface area contributed by atoms with Gasteiger partial charge in [0.15, 0.2) is 11.5 Å². The molecule has 0 bridgehead atoms. The maximum absolute atomic E-state index is 12.7. The summed E-state index contributed by atoms with van der Waals surface area (Å²) in [4.78, 5) is 11.7. The van der Waals surface area contributed by atoms with E-state index in [0.29, 0.717) is 11.1 Å². The van der Waals surface area contributed by atoms with Gasteiger partial charge in [-0.05, 0) is 23.8 Å². The van der Waals surface area contributed by atoms with Gasteiger partial charge in [-0.1, -0.05) is 18.2 Å². The average molecular weight is 306 g/mol. The van der Waals surface area contributed by atoms with Crippen molar-refractivity contribution in [3.8, 4) is 17.2 Å². The number of phenolic OH excluding ortho intramolecular Hbond substituents is 3. The van der Waals surface area contributed by atoms with E-state index >= 15 is 0 Å². The van der Waals surface area contributed by atoms with Crippen LogP contribution < -0.4 is 10.9 Å². The highest BCUT2D eigenvalue weighted by Gasteiger charge is 2.11. The summed E-state index contributed by atoms with van der Waals surface area (Å²) in [6.45, 7) is 0.0504. The Kier molecular flexibility index (Phi) is 4.80. The molecule has 0 aliphatic rings. The summed E-state index contributed by atoms with van der Waals surface area (Å²) in [6, 6.07) is 8.20. The number of hydrazine groups is 1. The van der Waals surface area contributed by atoms with Gasteiger partial charge in [-0.2, -0.15) is 0 Å². The van der Waals surface area contributed by atoms with Crippen LogP contribution in [0.1, 0.15) is 11.1 Å². The molecule has 6 nitrogen and oxygen atoms in total. The van der Waals surface area contributed by atoms with Crippen molar-refractivity contribution in [3.05, 3.63) is 53.3 Å². The molecule has 0 aliphatic heterocycles. The van der Waals surface area contributed by atoms with E-state index in [4.69, 9.17) is 0 Å². The van der Waals surface area contributed by atoms with E-state index < -0.39 is 17.2 Å². The summed E-state index contributed by atoms with van der Waals surface area (Å²) in [5.41, 5.74) is 5.97. The second-order valence-electron chi connectivity index (χ2n) is 4.65.